The Hall–Kier alpha value is -2.58. The largest absolute Gasteiger partial charge is 0.271 e. The van der Waals surface area contributed by atoms with Gasteiger partial charge in [0.25, 0.3) is 15.9 Å². The van der Waals surface area contributed by atoms with Crippen LogP contribution < -0.4 is 9.73 Å². The zero-order valence-electron chi connectivity index (χ0n) is 16.8. The van der Waals surface area contributed by atoms with Crippen LogP contribution in [0.5, 0.6) is 0 Å². The molecule has 3 rings (SSSR count). The minimum atomic E-state index is -4.08. The van der Waals surface area contributed by atoms with Crippen molar-refractivity contribution in [2.24, 2.45) is 5.10 Å². The number of carbonyl (C=O) groups is 1. The summed E-state index contributed by atoms with van der Waals surface area (Å²) in [5.41, 5.74) is 3.93. The molecule has 166 valence electrons. The lowest BCUT2D eigenvalue weighted by molar-refractivity contribution is -0.119. The van der Waals surface area contributed by atoms with Crippen molar-refractivity contribution in [1.29, 1.82) is 0 Å². The quantitative estimate of drug-likeness (QED) is 0.346. The monoisotopic (exact) mass is 509 g/mol. The van der Waals surface area contributed by atoms with Gasteiger partial charge in [-0.2, -0.15) is 5.10 Å². The Morgan fingerprint density at radius 2 is 1.69 bits per heavy atom. The third-order valence-electron chi connectivity index (χ3n) is 4.37. The highest BCUT2D eigenvalue weighted by Crippen LogP contribution is 2.30. The van der Waals surface area contributed by atoms with E-state index in [9.17, 15) is 13.2 Å². The van der Waals surface area contributed by atoms with Crippen molar-refractivity contribution in [1.82, 2.24) is 5.43 Å². The summed E-state index contributed by atoms with van der Waals surface area (Å²) in [4.78, 5) is 12.6. The van der Waals surface area contributed by atoms with Crippen molar-refractivity contribution in [3.8, 4) is 0 Å². The average Bonchev–Trinajstić information content (AvgIpc) is 2.74. The summed E-state index contributed by atoms with van der Waals surface area (Å²) in [5, 5.41) is 4.87. The number of amides is 1. The normalized spacial score (nSPS) is 11.5. The Morgan fingerprint density at radius 3 is 2.34 bits per heavy atom. The fourth-order valence-corrected chi connectivity index (χ4v) is 4.92. The maximum absolute atomic E-state index is 13.3. The first-order chi connectivity index (χ1) is 15.2. The number of benzene rings is 3. The van der Waals surface area contributed by atoms with Gasteiger partial charge in [0.05, 0.1) is 26.8 Å². The smallest absolute Gasteiger partial charge is 0.264 e. The Morgan fingerprint density at radius 1 is 1.00 bits per heavy atom. The molecule has 0 aliphatic heterocycles. The van der Waals surface area contributed by atoms with Crippen LogP contribution in [0.1, 0.15) is 11.1 Å². The summed E-state index contributed by atoms with van der Waals surface area (Å²) in [6.45, 7) is 1.31. The van der Waals surface area contributed by atoms with Gasteiger partial charge in [0, 0.05) is 10.6 Å². The maximum Gasteiger partial charge on any atom is 0.264 e. The fourth-order valence-electron chi connectivity index (χ4n) is 2.74. The van der Waals surface area contributed by atoms with Crippen molar-refractivity contribution in [3.05, 3.63) is 92.9 Å². The molecule has 1 amide bonds. The van der Waals surface area contributed by atoms with Gasteiger partial charge in [-0.05, 0) is 43.3 Å². The van der Waals surface area contributed by atoms with Crippen LogP contribution in [-0.4, -0.2) is 27.1 Å². The number of anilines is 1. The number of hydrogen-bond acceptors (Lipinski definition) is 4. The topological polar surface area (TPSA) is 78.8 Å². The van der Waals surface area contributed by atoms with E-state index in [0.29, 0.717) is 15.6 Å². The van der Waals surface area contributed by atoms with Crippen LogP contribution in [-0.2, 0) is 14.8 Å². The predicted molar refractivity (Wildman–Crippen MR) is 129 cm³/mol. The minimum Gasteiger partial charge on any atom is -0.271 e. The lowest BCUT2D eigenvalue weighted by atomic mass is 10.2. The first kappa shape index (κ1) is 24.1. The highest BCUT2D eigenvalue weighted by atomic mass is 35.5. The Bertz CT molecular complexity index is 1260. The van der Waals surface area contributed by atoms with Crippen molar-refractivity contribution < 1.29 is 13.2 Å². The molecular formula is C22H18Cl3N3O3S. The van der Waals surface area contributed by atoms with Crippen LogP contribution in [0, 0.1) is 6.92 Å². The van der Waals surface area contributed by atoms with E-state index in [-0.39, 0.29) is 15.6 Å². The predicted octanol–water partition coefficient (Wildman–Crippen LogP) is 5.30. The molecule has 0 atom stereocenters. The number of carbonyl (C=O) groups excluding carboxylic acids is 1. The summed E-state index contributed by atoms with van der Waals surface area (Å²) in [5.74, 6) is -0.665. The number of rotatable bonds is 7. The van der Waals surface area contributed by atoms with E-state index in [0.717, 1.165) is 9.87 Å². The van der Waals surface area contributed by atoms with Crippen LogP contribution >= 0.6 is 34.8 Å². The molecular weight excluding hydrogens is 493 g/mol. The molecule has 3 aromatic rings. The zero-order valence-corrected chi connectivity index (χ0v) is 19.9. The van der Waals surface area contributed by atoms with Gasteiger partial charge >= 0.3 is 0 Å². The molecule has 0 radical (unpaired) electrons. The van der Waals surface area contributed by atoms with Crippen molar-refractivity contribution in [2.75, 3.05) is 10.8 Å². The molecule has 1 N–H and O–H groups in total. The number of para-hydroxylation sites is 1. The number of halogens is 3. The van der Waals surface area contributed by atoms with Gasteiger partial charge in [0.1, 0.15) is 6.54 Å². The number of nitrogens with one attached hydrogen (secondary N) is 1. The Kier molecular flexibility index (Phi) is 7.79. The van der Waals surface area contributed by atoms with Gasteiger partial charge in [0.2, 0.25) is 0 Å². The van der Waals surface area contributed by atoms with E-state index in [1.807, 2.05) is 6.92 Å². The van der Waals surface area contributed by atoms with Gasteiger partial charge < -0.3 is 0 Å². The number of hydrogen-bond donors (Lipinski definition) is 1. The second kappa shape index (κ2) is 10.4. The number of nitrogens with zero attached hydrogens (tertiary/aromatic N) is 2. The van der Waals surface area contributed by atoms with Crippen LogP contribution in [0.15, 0.2) is 76.7 Å². The van der Waals surface area contributed by atoms with E-state index >= 15 is 0 Å². The van der Waals surface area contributed by atoms with E-state index in [1.165, 1.54) is 24.4 Å². The maximum atomic E-state index is 13.3. The molecule has 0 spiro atoms. The lowest BCUT2D eigenvalue weighted by Crippen LogP contribution is -2.39. The molecule has 0 aromatic heterocycles. The highest BCUT2D eigenvalue weighted by Gasteiger charge is 2.28. The van der Waals surface area contributed by atoms with E-state index in [2.05, 4.69) is 10.5 Å². The number of sulfonamides is 1. The van der Waals surface area contributed by atoms with Gasteiger partial charge in [-0.1, -0.05) is 70.7 Å². The van der Waals surface area contributed by atoms with Crippen LogP contribution in [0.2, 0.25) is 15.1 Å². The average molecular weight is 511 g/mol. The molecule has 0 heterocycles. The molecule has 10 heteroatoms. The second-order valence-electron chi connectivity index (χ2n) is 6.74. The summed E-state index contributed by atoms with van der Waals surface area (Å²) >= 11 is 18.2. The molecule has 6 nitrogen and oxygen atoms in total. The molecule has 0 unspecified atom stereocenters. The standard InChI is InChI=1S/C22H18Cl3N3O3S/c1-15-6-10-18(11-7-15)32(30,31)28(21-5-3-2-4-19(21)24)14-22(29)27-26-13-16-8-9-17(23)12-20(16)25/h2-13H,14H2,1H3,(H,27,29)/b26-13-. The summed E-state index contributed by atoms with van der Waals surface area (Å²) < 4.78 is 27.6. The van der Waals surface area contributed by atoms with E-state index in [1.54, 1.807) is 48.5 Å². The van der Waals surface area contributed by atoms with Crippen LogP contribution in [0.25, 0.3) is 0 Å². The zero-order chi connectivity index (χ0) is 23.3. The first-order valence-electron chi connectivity index (χ1n) is 9.29. The third-order valence-corrected chi connectivity index (χ3v) is 7.03. The molecule has 32 heavy (non-hydrogen) atoms. The van der Waals surface area contributed by atoms with Gasteiger partial charge in [0.15, 0.2) is 0 Å². The molecule has 0 saturated heterocycles. The molecule has 0 fully saturated rings. The van der Waals surface area contributed by atoms with E-state index in [4.69, 9.17) is 34.8 Å². The van der Waals surface area contributed by atoms with Crippen molar-refractivity contribution in [3.63, 3.8) is 0 Å². The second-order valence-corrected chi connectivity index (χ2v) is 9.85. The molecule has 0 bridgehead atoms. The molecule has 3 aromatic carbocycles. The number of hydrazone groups is 1. The lowest BCUT2D eigenvalue weighted by Gasteiger charge is -2.24. The minimum absolute atomic E-state index is 0.0345. The van der Waals surface area contributed by atoms with Gasteiger partial charge in [-0.15, -0.1) is 0 Å². The van der Waals surface area contributed by atoms with Crippen molar-refractivity contribution in [2.45, 2.75) is 11.8 Å². The molecule has 0 aliphatic rings. The van der Waals surface area contributed by atoms with E-state index < -0.39 is 22.5 Å². The van der Waals surface area contributed by atoms with Gasteiger partial charge in [-0.25, -0.2) is 13.8 Å². The highest BCUT2D eigenvalue weighted by molar-refractivity contribution is 7.92. The summed E-state index contributed by atoms with van der Waals surface area (Å²) in [6, 6.07) is 17.5. The summed E-state index contributed by atoms with van der Waals surface area (Å²) in [6.07, 6.45) is 1.34. The number of aryl methyl sites for hydroxylation is 1. The van der Waals surface area contributed by atoms with Crippen LogP contribution in [0.4, 0.5) is 5.69 Å². The Balaban J connectivity index is 1.86. The SMILES string of the molecule is Cc1ccc(S(=O)(=O)N(CC(=O)N/N=C\c2ccc(Cl)cc2Cl)c2ccccc2Cl)cc1. The third kappa shape index (κ3) is 5.81. The van der Waals surface area contributed by atoms with Gasteiger partial charge in [-0.3, -0.25) is 9.10 Å². The molecule has 0 aliphatic carbocycles. The Labute approximate surface area is 201 Å². The first-order valence-corrected chi connectivity index (χ1v) is 11.9. The van der Waals surface area contributed by atoms with Crippen molar-refractivity contribution >= 4 is 62.6 Å². The fraction of sp³-hybridized carbons (Fsp3) is 0.0909. The molecule has 0 saturated carbocycles. The summed E-state index contributed by atoms with van der Waals surface area (Å²) in [7, 11) is -4.08. The van der Waals surface area contributed by atoms with Crippen LogP contribution in [0.3, 0.4) is 0 Å².